The summed E-state index contributed by atoms with van der Waals surface area (Å²) in [5.74, 6) is -5.98. The number of rotatable bonds is 14. The molecule has 6 nitrogen and oxygen atoms in total. The van der Waals surface area contributed by atoms with Crippen molar-refractivity contribution in [3.8, 4) is 0 Å². The van der Waals surface area contributed by atoms with Crippen LogP contribution in [0.15, 0.2) is 0 Å². The van der Waals surface area contributed by atoms with Crippen LogP contribution in [-0.4, -0.2) is 29.6 Å². The third-order valence-electron chi connectivity index (χ3n) is 4.25. The summed E-state index contributed by atoms with van der Waals surface area (Å²) >= 11 is 0. The van der Waals surface area contributed by atoms with Gasteiger partial charge in [-0.2, -0.15) is 0 Å². The van der Waals surface area contributed by atoms with E-state index in [1.807, 2.05) is 0 Å². The van der Waals surface area contributed by atoms with Crippen molar-refractivity contribution in [1.82, 2.24) is 0 Å². The van der Waals surface area contributed by atoms with E-state index in [-0.39, 0.29) is 49.0 Å². The molecule has 0 aromatic heterocycles. The first-order valence-electron chi connectivity index (χ1n) is 8.69. The first-order chi connectivity index (χ1) is 11.4. The van der Waals surface area contributed by atoms with E-state index in [9.17, 15) is 19.5 Å². The minimum atomic E-state index is -1.43. The van der Waals surface area contributed by atoms with Crippen molar-refractivity contribution in [1.29, 1.82) is 0 Å². The summed E-state index contributed by atoms with van der Waals surface area (Å²) in [7, 11) is 0. The quantitative estimate of drug-likeness (QED) is 0.243. The molecule has 7 heteroatoms. The number of esters is 1. The smallest absolute Gasteiger partial charge is 0.550 e. The molecule has 0 aliphatic heterocycles. The van der Waals surface area contributed by atoms with E-state index < -0.39 is 35.7 Å². The van der Waals surface area contributed by atoms with Crippen LogP contribution in [-0.2, 0) is 19.1 Å². The van der Waals surface area contributed by atoms with Gasteiger partial charge >= 0.3 is 41.5 Å². The van der Waals surface area contributed by atoms with E-state index in [2.05, 4.69) is 0 Å². The third kappa shape index (κ3) is 10.9. The molecule has 138 valence electrons. The van der Waals surface area contributed by atoms with E-state index in [0.717, 1.165) is 25.7 Å². The van der Waals surface area contributed by atoms with Gasteiger partial charge in [-0.1, -0.05) is 33.1 Å². The summed E-state index contributed by atoms with van der Waals surface area (Å²) in [4.78, 5) is 34.6. The Morgan fingerprint density at radius 3 is 2.08 bits per heavy atom. The normalized spacial score (nSPS) is 14.0. The first kappa shape index (κ1) is 26.6. The molecule has 0 amide bonds. The molecular weight excluding hydrogens is 335 g/mol. The Bertz CT molecular complexity index is 399. The van der Waals surface area contributed by atoms with E-state index in [1.165, 1.54) is 0 Å². The number of unbranched alkanes of at least 4 members (excludes halogenated alkanes) is 4. The van der Waals surface area contributed by atoms with Crippen molar-refractivity contribution in [3.05, 3.63) is 6.92 Å². The minimum Gasteiger partial charge on any atom is -0.550 e. The van der Waals surface area contributed by atoms with Crippen LogP contribution in [0.1, 0.15) is 65.2 Å². The van der Waals surface area contributed by atoms with Gasteiger partial charge in [0.15, 0.2) is 0 Å². The van der Waals surface area contributed by atoms with Crippen molar-refractivity contribution in [2.75, 3.05) is 6.61 Å². The zero-order valence-corrected chi connectivity index (χ0v) is 17.7. The van der Waals surface area contributed by atoms with Crippen molar-refractivity contribution in [2.24, 2.45) is 17.8 Å². The Morgan fingerprint density at radius 2 is 1.64 bits per heavy atom. The molecule has 0 heterocycles. The van der Waals surface area contributed by atoms with Crippen molar-refractivity contribution in [2.45, 2.75) is 65.2 Å². The van der Waals surface area contributed by atoms with Gasteiger partial charge in [0.05, 0.1) is 18.4 Å². The largest absolute Gasteiger partial charge is 1.00 e. The van der Waals surface area contributed by atoms with E-state index in [1.54, 1.807) is 13.8 Å². The second kappa shape index (κ2) is 15.6. The van der Waals surface area contributed by atoms with Gasteiger partial charge in [-0.3, -0.25) is 9.59 Å². The van der Waals surface area contributed by atoms with E-state index >= 15 is 0 Å². The minimum absolute atomic E-state index is 0. The molecule has 0 aliphatic carbocycles. The van der Waals surface area contributed by atoms with Gasteiger partial charge < -0.3 is 19.7 Å². The second-order valence-corrected chi connectivity index (χ2v) is 5.99. The van der Waals surface area contributed by atoms with Gasteiger partial charge in [0, 0.05) is 11.9 Å². The number of ether oxygens (including phenoxy) is 1. The Balaban J connectivity index is 0. The summed E-state index contributed by atoms with van der Waals surface area (Å²) in [6.45, 7) is 9.04. The molecule has 0 saturated carbocycles. The zero-order chi connectivity index (χ0) is 18.5. The van der Waals surface area contributed by atoms with Crippen molar-refractivity contribution < 1.29 is 58.9 Å². The molecule has 3 unspecified atom stereocenters. The van der Waals surface area contributed by atoms with Gasteiger partial charge in [0.25, 0.3) is 0 Å². The van der Waals surface area contributed by atoms with Crippen molar-refractivity contribution in [3.63, 3.8) is 0 Å². The van der Waals surface area contributed by atoms with Gasteiger partial charge in [-0.05, 0) is 39.0 Å². The monoisotopic (exact) mass is 364 g/mol. The predicted molar refractivity (Wildman–Crippen MR) is 86.7 cm³/mol. The molecule has 0 aliphatic rings. The number of carbonyl (C=O) groups excluding carboxylic acids is 2. The van der Waals surface area contributed by atoms with E-state index in [4.69, 9.17) is 16.8 Å². The standard InChI is InChI=1S/C18H30O6.Na/c1-4-7-8-9-10-11-24-18(23)13(5-2)12-15(17(21)22)14(6-3)16(19)20;/h1,13-15H,4-12H2,2-3H3,(H,19,20)(H,21,22);/q;+1/p-1. The van der Waals surface area contributed by atoms with Crippen LogP contribution < -0.4 is 34.7 Å². The fraction of sp³-hybridized carbons (Fsp3) is 0.778. The number of carboxylic acid groups (broad SMARTS) is 2. The maximum absolute atomic E-state index is 12.1. The van der Waals surface area contributed by atoms with Gasteiger partial charge in [-0.15, -0.1) is 0 Å². The number of hydrogen-bond acceptors (Lipinski definition) is 5. The molecule has 0 spiro atoms. The number of carboxylic acids is 2. The topological polar surface area (TPSA) is 104 Å². The Hall–Kier alpha value is -0.590. The molecule has 0 saturated heterocycles. The number of carbonyl (C=O) groups is 3. The Morgan fingerprint density at radius 1 is 1.04 bits per heavy atom. The van der Waals surface area contributed by atoms with Crippen LogP contribution in [0.4, 0.5) is 0 Å². The maximum Gasteiger partial charge on any atom is 1.00 e. The molecule has 3 atom stereocenters. The van der Waals surface area contributed by atoms with Gasteiger partial charge in [0.2, 0.25) is 0 Å². The predicted octanol–water partition coefficient (Wildman–Crippen LogP) is -0.912. The van der Waals surface area contributed by atoms with Crippen LogP contribution in [0.3, 0.4) is 0 Å². The third-order valence-corrected chi connectivity index (χ3v) is 4.25. The van der Waals surface area contributed by atoms with Crippen LogP contribution in [0.2, 0.25) is 0 Å². The van der Waals surface area contributed by atoms with Crippen LogP contribution in [0.5, 0.6) is 0 Å². The molecular formula is C18H29NaO6. The molecule has 1 N–H and O–H groups in total. The van der Waals surface area contributed by atoms with Gasteiger partial charge in [0.1, 0.15) is 0 Å². The van der Waals surface area contributed by atoms with Crippen LogP contribution >= 0.6 is 0 Å². The van der Waals surface area contributed by atoms with E-state index in [0.29, 0.717) is 12.8 Å². The van der Waals surface area contributed by atoms with Crippen LogP contribution in [0.25, 0.3) is 0 Å². The molecule has 0 aromatic rings. The fourth-order valence-corrected chi connectivity index (χ4v) is 2.68. The second-order valence-electron chi connectivity index (χ2n) is 5.99. The molecule has 0 rings (SSSR count). The maximum atomic E-state index is 12.1. The average Bonchev–Trinajstić information content (AvgIpc) is 2.53. The molecule has 0 aromatic carbocycles. The van der Waals surface area contributed by atoms with Crippen molar-refractivity contribution >= 4 is 17.9 Å². The molecule has 25 heavy (non-hydrogen) atoms. The first-order valence-corrected chi connectivity index (χ1v) is 8.69. The summed E-state index contributed by atoms with van der Waals surface area (Å²) in [6, 6.07) is 0. The summed E-state index contributed by atoms with van der Waals surface area (Å²) in [5.41, 5.74) is 0. The average molecular weight is 364 g/mol. The summed E-state index contributed by atoms with van der Waals surface area (Å²) in [6.07, 6.45) is 4.70. The molecule has 2 radical (unpaired) electrons. The number of aliphatic carboxylic acids is 2. The van der Waals surface area contributed by atoms with Crippen LogP contribution in [0, 0.1) is 24.7 Å². The molecule has 0 bridgehead atoms. The summed E-state index contributed by atoms with van der Waals surface area (Å²) in [5, 5.41) is 20.4. The number of hydrogen-bond donors (Lipinski definition) is 1. The SMILES string of the molecule is [CH]CCCCCCOC(=O)C(CC)CC(C(=O)[O-])C(CC)C(=O)O.[Na+]. The Labute approximate surface area is 173 Å². The molecule has 0 fully saturated rings. The fourth-order valence-electron chi connectivity index (χ4n) is 2.68. The zero-order valence-electron chi connectivity index (χ0n) is 15.7. The van der Waals surface area contributed by atoms with Gasteiger partial charge in [-0.25, -0.2) is 0 Å². The summed E-state index contributed by atoms with van der Waals surface area (Å²) < 4.78 is 5.20. The Kier molecular flexibility index (Phi) is 16.7.